The van der Waals surface area contributed by atoms with Gasteiger partial charge in [-0.15, -0.1) is 0 Å². The molecule has 0 saturated heterocycles. The summed E-state index contributed by atoms with van der Waals surface area (Å²) in [5.41, 5.74) is 2.68. The summed E-state index contributed by atoms with van der Waals surface area (Å²) in [7, 11) is 0. The lowest BCUT2D eigenvalue weighted by Crippen LogP contribution is -2.30. The van der Waals surface area contributed by atoms with Gasteiger partial charge in [-0.2, -0.15) is 0 Å². The highest BCUT2D eigenvalue weighted by molar-refractivity contribution is 5.81. The quantitative estimate of drug-likeness (QED) is 0.302. The van der Waals surface area contributed by atoms with Crippen molar-refractivity contribution in [2.45, 2.75) is 45.4 Å². The van der Waals surface area contributed by atoms with E-state index in [1.54, 1.807) is 0 Å². The summed E-state index contributed by atoms with van der Waals surface area (Å²) in [5, 5.41) is 0. The Morgan fingerprint density at radius 1 is 1.46 bits per heavy atom. The van der Waals surface area contributed by atoms with Gasteiger partial charge in [-0.3, -0.25) is 4.99 Å². The molecule has 0 bridgehead atoms. The van der Waals surface area contributed by atoms with Gasteiger partial charge in [-0.1, -0.05) is 25.7 Å². The van der Waals surface area contributed by atoms with Crippen LogP contribution in [-0.4, -0.2) is 12.4 Å². The van der Waals surface area contributed by atoms with Gasteiger partial charge >= 0.3 is 0 Å². The Labute approximate surface area is 80.8 Å². The van der Waals surface area contributed by atoms with E-state index in [2.05, 4.69) is 10.4 Å². The van der Waals surface area contributed by atoms with E-state index in [4.69, 9.17) is 5.84 Å². The molecule has 0 radical (unpaired) electrons. The van der Waals surface area contributed by atoms with Crippen molar-refractivity contribution < 1.29 is 0 Å². The first-order valence-electron chi connectivity index (χ1n) is 5.36. The molecule has 13 heavy (non-hydrogen) atoms. The zero-order valence-corrected chi connectivity index (χ0v) is 8.55. The third kappa shape index (κ3) is 3.77. The van der Waals surface area contributed by atoms with E-state index in [0.29, 0.717) is 0 Å². The van der Waals surface area contributed by atoms with Crippen LogP contribution in [0.4, 0.5) is 0 Å². The lowest BCUT2D eigenvalue weighted by molar-refractivity contribution is 0.512. The zero-order chi connectivity index (χ0) is 9.52. The minimum absolute atomic E-state index is 0.824. The van der Waals surface area contributed by atoms with Crippen LogP contribution in [0.25, 0.3) is 0 Å². The molecule has 0 spiro atoms. The fourth-order valence-electron chi connectivity index (χ4n) is 2.03. The fourth-order valence-corrected chi connectivity index (χ4v) is 2.03. The predicted molar refractivity (Wildman–Crippen MR) is 56.5 cm³/mol. The molecule has 0 aromatic carbocycles. The van der Waals surface area contributed by atoms with E-state index in [1.807, 2.05) is 6.92 Å². The van der Waals surface area contributed by atoms with Crippen molar-refractivity contribution in [1.82, 2.24) is 5.43 Å². The van der Waals surface area contributed by atoms with E-state index in [-0.39, 0.29) is 0 Å². The molecular formula is C10H21N3. The number of amidine groups is 1. The van der Waals surface area contributed by atoms with Gasteiger partial charge in [0.05, 0.1) is 0 Å². The van der Waals surface area contributed by atoms with Gasteiger partial charge in [0.15, 0.2) is 0 Å². The molecular weight excluding hydrogens is 162 g/mol. The van der Waals surface area contributed by atoms with Gasteiger partial charge in [-0.25, -0.2) is 5.84 Å². The third-order valence-corrected chi connectivity index (χ3v) is 2.78. The number of hydrogen-bond donors (Lipinski definition) is 2. The maximum absolute atomic E-state index is 5.36. The van der Waals surface area contributed by atoms with Gasteiger partial charge in [0.25, 0.3) is 0 Å². The van der Waals surface area contributed by atoms with Crippen LogP contribution in [-0.2, 0) is 0 Å². The standard InChI is InChI=1S/C10H21N3/c1-2-12-10(13-11)8-7-9-5-3-4-6-9/h9H,2-8,11H2,1H3,(H,12,13). The van der Waals surface area contributed by atoms with Crippen LogP contribution in [0.3, 0.4) is 0 Å². The second-order valence-electron chi connectivity index (χ2n) is 3.75. The minimum Gasteiger partial charge on any atom is -0.312 e. The molecule has 0 aromatic rings. The van der Waals surface area contributed by atoms with Crippen molar-refractivity contribution in [3.63, 3.8) is 0 Å². The van der Waals surface area contributed by atoms with E-state index >= 15 is 0 Å². The van der Waals surface area contributed by atoms with Gasteiger partial charge in [0, 0.05) is 13.0 Å². The fraction of sp³-hybridized carbons (Fsp3) is 0.900. The molecule has 1 aliphatic carbocycles. The highest BCUT2D eigenvalue weighted by atomic mass is 15.2. The Balaban J connectivity index is 2.18. The molecule has 1 saturated carbocycles. The van der Waals surface area contributed by atoms with Crippen LogP contribution in [0.1, 0.15) is 45.4 Å². The molecule has 0 unspecified atom stereocenters. The second-order valence-corrected chi connectivity index (χ2v) is 3.75. The predicted octanol–water partition coefficient (Wildman–Crippen LogP) is 1.84. The van der Waals surface area contributed by atoms with Gasteiger partial charge in [0.2, 0.25) is 0 Å². The summed E-state index contributed by atoms with van der Waals surface area (Å²) in [5.74, 6) is 7.26. The monoisotopic (exact) mass is 183 g/mol. The molecule has 76 valence electrons. The molecule has 0 atom stereocenters. The molecule has 3 heteroatoms. The lowest BCUT2D eigenvalue weighted by Gasteiger charge is -2.09. The van der Waals surface area contributed by atoms with Crippen molar-refractivity contribution in [1.29, 1.82) is 0 Å². The Kier molecular flexibility index (Phi) is 4.83. The van der Waals surface area contributed by atoms with Crippen LogP contribution < -0.4 is 11.3 Å². The molecule has 3 nitrogen and oxygen atoms in total. The van der Waals surface area contributed by atoms with Gasteiger partial charge in [-0.05, 0) is 19.3 Å². The maximum atomic E-state index is 5.36. The summed E-state index contributed by atoms with van der Waals surface area (Å²) < 4.78 is 0. The number of hydrazine groups is 1. The summed E-state index contributed by atoms with van der Waals surface area (Å²) in [6, 6.07) is 0. The summed E-state index contributed by atoms with van der Waals surface area (Å²) in [6.07, 6.45) is 7.92. The Bertz CT molecular complexity index is 160. The smallest absolute Gasteiger partial charge is 0.110 e. The van der Waals surface area contributed by atoms with Crippen molar-refractivity contribution in [3.05, 3.63) is 0 Å². The molecule has 0 aromatic heterocycles. The summed E-state index contributed by atoms with van der Waals surface area (Å²) in [4.78, 5) is 4.28. The number of nitrogens with two attached hydrogens (primary N) is 1. The van der Waals surface area contributed by atoms with Crippen molar-refractivity contribution in [2.24, 2.45) is 16.8 Å². The van der Waals surface area contributed by atoms with Crippen LogP contribution >= 0.6 is 0 Å². The molecule has 1 aliphatic rings. The van der Waals surface area contributed by atoms with Crippen LogP contribution in [0.2, 0.25) is 0 Å². The van der Waals surface area contributed by atoms with E-state index in [0.717, 1.165) is 24.7 Å². The Morgan fingerprint density at radius 2 is 2.15 bits per heavy atom. The highest BCUT2D eigenvalue weighted by Crippen LogP contribution is 2.28. The Morgan fingerprint density at radius 3 is 2.69 bits per heavy atom. The molecule has 1 fully saturated rings. The third-order valence-electron chi connectivity index (χ3n) is 2.78. The van der Waals surface area contributed by atoms with Crippen molar-refractivity contribution >= 4 is 5.84 Å². The molecule has 3 N–H and O–H groups in total. The molecule has 0 heterocycles. The first-order valence-corrected chi connectivity index (χ1v) is 5.36. The first-order chi connectivity index (χ1) is 6.36. The topological polar surface area (TPSA) is 50.4 Å². The summed E-state index contributed by atoms with van der Waals surface area (Å²) in [6.45, 7) is 2.86. The SMILES string of the molecule is CCN=C(CCC1CCCC1)NN. The second kappa shape index (κ2) is 5.97. The highest BCUT2D eigenvalue weighted by Gasteiger charge is 2.14. The van der Waals surface area contributed by atoms with Crippen LogP contribution in [0.15, 0.2) is 4.99 Å². The van der Waals surface area contributed by atoms with Crippen molar-refractivity contribution in [3.8, 4) is 0 Å². The number of hydrogen-bond acceptors (Lipinski definition) is 2. The minimum atomic E-state index is 0.824. The number of rotatable bonds is 4. The largest absolute Gasteiger partial charge is 0.312 e. The van der Waals surface area contributed by atoms with Crippen LogP contribution in [0.5, 0.6) is 0 Å². The van der Waals surface area contributed by atoms with E-state index in [9.17, 15) is 0 Å². The lowest BCUT2D eigenvalue weighted by atomic mass is 10.0. The van der Waals surface area contributed by atoms with Crippen LogP contribution in [0, 0.1) is 5.92 Å². The number of nitrogens with one attached hydrogen (secondary N) is 1. The van der Waals surface area contributed by atoms with Gasteiger partial charge in [0.1, 0.15) is 5.84 Å². The molecule has 0 amide bonds. The molecule has 1 rings (SSSR count). The zero-order valence-electron chi connectivity index (χ0n) is 8.55. The Hall–Kier alpha value is -0.570. The molecule has 0 aliphatic heterocycles. The van der Waals surface area contributed by atoms with Gasteiger partial charge < -0.3 is 5.43 Å². The summed E-state index contributed by atoms with van der Waals surface area (Å²) >= 11 is 0. The average Bonchev–Trinajstić information content (AvgIpc) is 2.64. The number of aliphatic imine (C=N–C) groups is 1. The van der Waals surface area contributed by atoms with E-state index in [1.165, 1.54) is 32.1 Å². The average molecular weight is 183 g/mol. The maximum Gasteiger partial charge on any atom is 0.110 e. The van der Waals surface area contributed by atoms with E-state index < -0.39 is 0 Å². The number of nitrogens with zero attached hydrogens (tertiary/aromatic N) is 1. The first kappa shape index (κ1) is 10.5. The van der Waals surface area contributed by atoms with Crippen molar-refractivity contribution in [2.75, 3.05) is 6.54 Å². The normalized spacial score (nSPS) is 19.4.